The van der Waals surface area contributed by atoms with Crippen molar-refractivity contribution in [2.24, 2.45) is 5.92 Å². The van der Waals surface area contributed by atoms with Gasteiger partial charge in [0.25, 0.3) is 0 Å². The minimum absolute atomic E-state index is 0.144. The smallest absolute Gasteiger partial charge is 0.189 e. The molecule has 1 fully saturated rings. The SMILES string of the molecule is Nc1cc(F)cc(Br)c1OCOCC1CC1. The van der Waals surface area contributed by atoms with Gasteiger partial charge in [-0.05, 0) is 40.8 Å². The fourth-order valence-electron chi connectivity index (χ4n) is 1.33. The largest absolute Gasteiger partial charge is 0.464 e. The molecule has 0 aliphatic heterocycles. The van der Waals surface area contributed by atoms with E-state index < -0.39 is 5.82 Å². The summed E-state index contributed by atoms with van der Waals surface area (Å²) in [4.78, 5) is 0. The molecule has 88 valence electrons. The lowest BCUT2D eigenvalue weighted by molar-refractivity contribution is 0.00995. The van der Waals surface area contributed by atoms with E-state index in [0.717, 1.165) is 6.61 Å². The van der Waals surface area contributed by atoms with Gasteiger partial charge in [-0.3, -0.25) is 0 Å². The van der Waals surface area contributed by atoms with Crippen molar-refractivity contribution in [2.45, 2.75) is 12.8 Å². The molecule has 0 atom stereocenters. The molecule has 1 saturated carbocycles. The summed E-state index contributed by atoms with van der Waals surface area (Å²) >= 11 is 3.19. The Balaban J connectivity index is 1.87. The van der Waals surface area contributed by atoms with Gasteiger partial charge in [0.15, 0.2) is 12.5 Å². The van der Waals surface area contributed by atoms with E-state index in [0.29, 0.717) is 16.1 Å². The van der Waals surface area contributed by atoms with Crippen molar-refractivity contribution in [1.29, 1.82) is 0 Å². The highest BCUT2D eigenvalue weighted by Crippen LogP contribution is 2.33. The van der Waals surface area contributed by atoms with Gasteiger partial charge in [-0.2, -0.15) is 0 Å². The zero-order valence-corrected chi connectivity index (χ0v) is 10.3. The number of rotatable bonds is 5. The molecule has 0 spiro atoms. The Labute approximate surface area is 102 Å². The van der Waals surface area contributed by atoms with E-state index >= 15 is 0 Å². The maximum absolute atomic E-state index is 12.9. The molecule has 3 nitrogen and oxygen atoms in total. The van der Waals surface area contributed by atoms with Gasteiger partial charge in [0.1, 0.15) is 5.82 Å². The Hall–Kier alpha value is -0.810. The van der Waals surface area contributed by atoms with Crippen LogP contribution in [0.1, 0.15) is 12.8 Å². The van der Waals surface area contributed by atoms with Crippen LogP contribution in [0.3, 0.4) is 0 Å². The van der Waals surface area contributed by atoms with Crippen LogP contribution in [0.5, 0.6) is 5.75 Å². The lowest BCUT2D eigenvalue weighted by atomic mass is 10.3. The Morgan fingerprint density at radius 2 is 2.19 bits per heavy atom. The number of benzene rings is 1. The summed E-state index contributed by atoms with van der Waals surface area (Å²) in [6.45, 7) is 0.865. The van der Waals surface area contributed by atoms with Crippen LogP contribution in [-0.2, 0) is 4.74 Å². The maximum atomic E-state index is 12.9. The van der Waals surface area contributed by atoms with E-state index in [1.807, 2.05) is 0 Å². The van der Waals surface area contributed by atoms with Crippen LogP contribution in [0.15, 0.2) is 16.6 Å². The summed E-state index contributed by atoms with van der Waals surface area (Å²) in [6, 6.07) is 2.54. The van der Waals surface area contributed by atoms with Gasteiger partial charge < -0.3 is 15.2 Å². The molecule has 2 rings (SSSR count). The van der Waals surface area contributed by atoms with Gasteiger partial charge in [-0.25, -0.2) is 4.39 Å². The van der Waals surface area contributed by atoms with E-state index in [9.17, 15) is 4.39 Å². The fraction of sp³-hybridized carbons (Fsp3) is 0.455. The van der Waals surface area contributed by atoms with Gasteiger partial charge in [-0.1, -0.05) is 0 Å². The van der Waals surface area contributed by atoms with Crippen molar-refractivity contribution in [3.8, 4) is 5.75 Å². The van der Waals surface area contributed by atoms with Crippen molar-refractivity contribution in [3.63, 3.8) is 0 Å². The predicted molar refractivity (Wildman–Crippen MR) is 62.7 cm³/mol. The maximum Gasteiger partial charge on any atom is 0.189 e. The third-order valence-corrected chi connectivity index (χ3v) is 2.96. The number of hydrogen-bond acceptors (Lipinski definition) is 3. The number of nitrogen functional groups attached to an aromatic ring is 1. The topological polar surface area (TPSA) is 44.5 Å². The van der Waals surface area contributed by atoms with Crippen molar-refractivity contribution in [1.82, 2.24) is 0 Å². The molecule has 1 aromatic rings. The first-order valence-electron chi connectivity index (χ1n) is 5.12. The molecule has 0 saturated heterocycles. The van der Waals surface area contributed by atoms with Gasteiger partial charge >= 0.3 is 0 Å². The molecular formula is C11H13BrFNO2. The lowest BCUT2D eigenvalue weighted by Gasteiger charge is -2.11. The first kappa shape index (κ1) is 11.7. The predicted octanol–water partition coefficient (Wildman–Crippen LogP) is 2.93. The zero-order chi connectivity index (χ0) is 11.5. The summed E-state index contributed by atoms with van der Waals surface area (Å²) < 4.78 is 24.1. The van der Waals surface area contributed by atoms with E-state index in [2.05, 4.69) is 15.9 Å². The second kappa shape index (κ2) is 5.01. The fourth-order valence-corrected chi connectivity index (χ4v) is 1.89. The highest BCUT2D eigenvalue weighted by molar-refractivity contribution is 9.10. The van der Waals surface area contributed by atoms with E-state index in [1.165, 1.54) is 25.0 Å². The number of nitrogens with two attached hydrogens (primary N) is 1. The number of anilines is 1. The highest BCUT2D eigenvalue weighted by atomic mass is 79.9. The Kier molecular flexibility index (Phi) is 3.66. The van der Waals surface area contributed by atoms with Crippen molar-refractivity contribution >= 4 is 21.6 Å². The summed E-state index contributed by atoms with van der Waals surface area (Å²) in [7, 11) is 0. The van der Waals surface area contributed by atoms with Crippen molar-refractivity contribution in [2.75, 3.05) is 19.1 Å². The number of halogens is 2. The minimum atomic E-state index is -0.393. The normalized spacial score (nSPS) is 15.1. The molecule has 16 heavy (non-hydrogen) atoms. The molecule has 1 aliphatic carbocycles. The Bertz CT molecular complexity index is 359. The first-order chi connectivity index (χ1) is 7.66. The molecule has 5 heteroatoms. The van der Waals surface area contributed by atoms with Gasteiger partial charge in [0.2, 0.25) is 0 Å². The van der Waals surface area contributed by atoms with Gasteiger partial charge in [0.05, 0.1) is 16.8 Å². The summed E-state index contributed by atoms with van der Waals surface area (Å²) in [5, 5.41) is 0. The lowest BCUT2D eigenvalue weighted by Crippen LogP contribution is -2.07. The standard InChI is InChI=1S/C11H13BrFNO2/c12-9-3-8(13)4-10(14)11(9)16-6-15-5-7-1-2-7/h3-4,7H,1-2,5-6,14H2. The second-order valence-corrected chi connectivity index (χ2v) is 4.74. The molecule has 0 bridgehead atoms. The zero-order valence-electron chi connectivity index (χ0n) is 8.71. The van der Waals surface area contributed by atoms with E-state index in [-0.39, 0.29) is 12.5 Å². The third kappa shape index (κ3) is 3.09. The van der Waals surface area contributed by atoms with E-state index in [1.54, 1.807) is 0 Å². The molecule has 0 aromatic heterocycles. The Morgan fingerprint density at radius 3 is 2.81 bits per heavy atom. The van der Waals surface area contributed by atoms with E-state index in [4.69, 9.17) is 15.2 Å². The molecule has 1 aliphatic rings. The van der Waals surface area contributed by atoms with Crippen LogP contribution in [-0.4, -0.2) is 13.4 Å². The quantitative estimate of drug-likeness (QED) is 0.515. The van der Waals surface area contributed by atoms with Crippen LogP contribution >= 0.6 is 15.9 Å². The van der Waals surface area contributed by atoms with Crippen molar-refractivity contribution in [3.05, 3.63) is 22.4 Å². The second-order valence-electron chi connectivity index (χ2n) is 3.88. The minimum Gasteiger partial charge on any atom is -0.464 e. The van der Waals surface area contributed by atoms with Gasteiger partial charge in [-0.15, -0.1) is 0 Å². The number of hydrogen-bond donors (Lipinski definition) is 1. The molecule has 0 radical (unpaired) electrons. The average Bonchev–Trinajstić information content (AvgIpc) is 2.98. The summed E-state index contributed by atoms with van der Waals surface area (Å²) in [5.74, 6) is 0.727. The van der Waals surface area contributed by atoms with Crippen LogP contribution < -0.4 is 10.5 Å². The molecule has 1 aromatic carbocycles. The molecule has 0 heterocycles. The molecular weight excluding hydrogens is 277 g/mol. The first-order valence-corrected chi connectivity index (χ1v) is 5.91. The highest BCUT2D eigenvalue weighted by Gasteiger charge is 2.21. The summed E-state index contributed by atoms with van der Waals surface area (Å²) in [6.07, 6.45) is 2.48. The van der Waals surface area contributed by atoms with Crippen molar-refractivity contribution < 1.29 is 13.9 Å². The van der Waals surface area contributed by atoms with Crippen LogP contribution in [0, 0.1) is 11.7 Å². The molecule has 0 unspecified atom stereocenters. The van der Waals surface area contributed by atoms with Gasteiger partial charge in [0, 0.05) is 6.07 Å². The van der Waals surface area contributed by atoms with Crippen LogP contribution in [0.25, 0.3) is 0 Å². The monoisotopic (exact) mass is 289 g/mol. The summed E-state index contributed by atoms with van der Waals surface area (Å²) in [5.41, 5.74) is 5.89. The Morgan fingerprint density at radius 1 is 1.44 bits per heavy atom. The van der Waals surface area contributed by atoms with Crippen LogP contribution in [0.4, 0.5) is 10.1 Å². The number of ether oxygens (including phenoxy) is 2. The van der Waals surface area contributed by atoms with Crippen LogP contribution in [0.2, 0.25) is 0 Å². The average molecular weight is 290 g/mol. The molecule has 0 amide bonds. The third-order valence-electron chi connectivity index (χ3n) is 2.37. The molecule has 2 N–H and O–H groups in total.